The van der Waals surface area contributed by atoms with Gasteiger partial charge >= 0.3 is 5.97 Å². The SMILES string of the molecule is COc1cc([C@@H]2CC(=O)C[C@H](OC(C)=O)CC[C@]34Cc5c[nH]cc5[C@@H](C#CCC3=CC=C[C@@H]4C)[C@H](c3cccc(O)c3)C3=CCNC(=C3)N(CCC(C)=O)c3ccc4c5c(n2cc35)CC[C@H]4O)cc(O)c1Oc1cc(O)cc([C@H]2c3ccccc3CC[C@H]2CO)c1. The van der Waals surface area contributed by atoms with E-state index in [9.17, 15) is 35.1 Å². The predicted molar refractivity (Wildman–Crippen MR) is 349 cm³/mol. The van der Waals surface area contributed by atoms with Crippen LogP contribution in [0.3, 0.4) is 0 Å². The van der Waals surface area contributed by atoms with Crippen LogP contribution in [0.1, 0.15) is 152 Å². The Morgan fingerprint density at radius 1 is 0.846 bits per heavy atom. The summed E-state index contributed by atoms with van der Waals surface area (Å²) in [6.45, 7) is 5.85. The number of nitrogens with one attached hydrogen (secondary N) is 2. The minimum Gasteiger partial charge on any atom is -0.508 e. The van der Waals surface area contributed by atoms with E-state index in [4.69, 9.17) is 14.2 Å². The fraction of sp³-hybridized carbons (Fsp3) is 0.355. The van der Waals surface area contributed by atoms with E-state index in [0.29, 0.717) is 50.6 Å². The van der Waals surface area contributed by atoms with Crippen LogP contribution in [0, 0.1) is 29.1 Å². The van der Waals surface area contributed by atoms with Gasteiger partial charge in [0.1, 0.15) is 40.7 Å². The molecular weight excluding hydrogens is 1140 g/mol. The molecule has 2 aromatic heterocycles. The third-order valence-electron chi connectivity index (χ3n) is 20.2. The number of nitrogens with zero attached hydrogens (tertiary/aromatic N) is 2. The molecule has 0 unspecified atom stereocenters. The number of dihydropyridines is 1. The monoisotopic (exact) mass is 1220 g/mol. The van der Waals surface area contributed by atoms with Crippen molar-refractivity contribution in [2.75, 3.05) is 31.7 Å². The molecule has 13 rings (SSSR count). The fourth-order valence-corrected chi connectivity index (χ4v) is 15.8. The number of anilines is 1. The number of aliphatic hydroxyl groups excluding tert-OH is 2. The summed E-state index contributed by atoms with van der Waals surface area (Å²) in [7, 11) is 1.47. The lowest BCUT2D eigenvalue weighted by Gasteiger charge is -2.43. The van der Waals surface area contributed by atoms with Crippen molar-refractivity contribution in [3.63, 3.8) is 0 Å². The molecule has 15 heteroatoms. The molecule has 6 aliphatic rings. The topological polar surface area (TPSA) is 216 Å². The molecule has 4 heterocycles. The summed E-state index contributed by atoms with van der Waals surface area (Å²) in [6, 6.07) is 27.0. The van der Waals surface area contributed by atoms with E-state index in [-0.39, 0.29) is 108 Å². The van der Waals surface area contributed by atoms with E-state index in [2.05, 4.69) is 93.4 Å². The smallest absolute Gasteiger partial charge is 0.302 e. The first-order chi connectivity index (χ1) is 44.1. The van der Waals surface area contributed by atoms with E-state index in [1.54, 1.807) is 31.2 Å². The number of H-pyrrole nitrogens is 1. The Kier molecular flexibility index (Phi) is 16.8. The Morgan fingerprint density at radius 2 is 1.69 bits per heavy atom. The van der Waals surface area contributed by atoms with Crippen LogP contribution in [0.2, 0.25) is 0 Å². The van der Waals surface area contributed by atoms with Crippen molar-refractivity contribution in [2.24, 2.45) is 17.3 Å². The standard InChI is InChI=1S/C76H78N4O11/c1-44-10-7-13-54-14-9-17-61-63-41-77-40-53(63)39-76(44,54)27-24-58(90-46(3)83)36-57(86)38-67(51-33-69(88)75(70(34-51)89-4)91-59-32-52(31-56(85)37-59)73-50(43-81)19-18-47-11-5-6-16-60(47)73)80-42-64-65(21-20-62-68(87)23-22-66(80)74(62)64)79(29-26-45(2)82)71-35-49(25-28-78-71)72(61)48-12-8-15-55(84)30-48/h5-8,10-13,15-16,20-21,25,30-35,37,40-42,44,50,58,61,67-68,72-73,77-78,81,84-85,87-88H,14,18-19,22-24,26-29,36,38-39,43H2,1-4H3/t44-,50-,58+,61+,67-,68+,72+,73-,76+/m0/s1. The van der Waals surface area contributed by atoms with Gasteiger partial charge in [-0.25, -0.2) is 0 Å². The second kappa shape index (κ2) is 25.2. The normalized spacial score (nSPS) is 24.5. The van der Waals surface area contributed by atoms with Gasteiger partial charge in [0.05, 0.1) is 30.9 Å². The number of phenolic OH excluding ortho intramolecular Hbond substituents is 3. The van der Waals surface area contributed by atoms with Crippen molar-refractivity contribution in [1.82, 2.24) is 14.9 Å². The number of esters is 1. The molecule has 0 saturated heterocycles. The zero-order valence-electron chi connectivity index (χ0n) is 51.9. The number of methoxy groups -OCH3 is 1. The van der Waals surface area contributed by atoms with E-state index in [1.807, 2.05) is 54.7 Å². The Morgan fingerprint density at radius 3 is 2.51 bits per heavy atom. The molecule has 15 nitrogen and oxygen atoms in total. The highest BCUT2D eigenvalue weighted by Crippen LogP contribution is 2.53. The third-order valence-corrected chi connectivity index (χ3v) is 20.2. The van der Waals surface area contributed by atoms with E-state index in [0.717, 1.165) is 85.3 Å². The number of aliphatic hydroxyl groups is 2. The van der Waals surface area contributed by atoms with Gasteiger partial charge < -0.3 is 59.5 Å². The summed E-state index contributed by atoms with van der Waals surface area (Å²) in [4.78, 5) is 47.6. The van der Waals surface area contributed by atoms with Crippen LogP contribution in [0.15, 0.2) is 157 Å². The molecule has 0 radical (unpaired) electrons. The van der Waals surface area contributed by atoms with Gasteiger partial charge in [-0.1, -0.05) is 91.1 Å². The first-order valence-electron chi connectivity index (χ1n) is 32.0. The number of benzene rings is 5. The number of carbonyl (C=O) groups excluding carboxylic acids is 3. The lowest BCUT2D eigenvalue weighted by Crippen LogP contribution is -2.36. The van der Waals surface area contributed by atoms with Crippen LogP contribution in [0.5, 0.6) is 34.5 Å². The number of aromatic nitrogens is 2. The lowest BCUT2D eigenvalue weighted by atomic mass is 9.61. The molecule has 6 bridgehead atoms. The molecule has 91 heavy (non-hydrogen) atoms. The summed E-state index contributed by atoms with van der Waals surface area (Å²) < 4.78 is 21.0. The van der Waals surface area contributed by atoms with E-state index < -0.39 is 29.6 Å². The number of hydrogen-bond acceptors (Lipinski definition) is 13. The van der Waals surface area contributed by atoms with Gasteiger partial charge in [0.15, 0.2) is 11.5 Å². The summed E-state index contributed by atoms with van der Waals surface area (Å²) in [5, 5.41) is 62.8. The highest BCUT2D eigenvalue weighted by atomic mass is 16.5. The minimum atomic E-state index is -0.819. The van der Waals surface area contributed by atoms with Gasteiger partial charge in [0, 0.05) is 111 Å². The van der Waals surface area contributed by atoms with Crippen LogP contribution in [-0.2, 0) is 38.4 Å². The molecule has 0 saturated carbocycles. The largest absolute Gasteiger partial charge is 0.508 e. The maximum absolute atomic E-state index is 15.5. The summed E-state index contributed by atoms with van der Waals surface area (Å²) in [5.41, 5.74) is 10.4. The first-order valence-corrected chi connectivity index (χ1v) is 32.0. The number of ether oxygens (including phenoxy) is 3. The predicted octanol–water partition coefficient (Wildman–Crippen LogP) is 13.0. The maximum Gasteiger partial charge on any atom is 0.302 e. The van der Waals surface area contributed by atoms with Gasteiger partial charge in [-0.05, 0) is 162 Å². The average molecular weight is 1220 g/mol. The molecule has 0 amide bonds. The van der Waals surface area contributed by atoms with Crippen LogP contribution in [0.25, 0.3) is 10.8 Å². The lowest BCUT2D eigenvalue weighted by molar-refractivity contribution is -0.148. The first kappa shape index (κ1) is 60.7. The van der Waals surface area contributed by atoms with E-state index >= 15 is 4.79 Å². The van der Waals surface area contributed by atoms with Gasteiger partial charge in [0.25, 0.3) is 0 Å². The van der Waals surface area contributed by atoms with Crippen LogP contribution in [0.4, 0.5) is 5.69 Å². The van der Waals surface area contributed by atoms with Crippen molar-refractivity contribution >= 4 is 34.0 Å². The molecule has 2 aliphatic heterocycles. The van der Waals surface area contributed by atoms with Crippen molar-refractivity contribution < 1.29 is 54.1 Å². The van der Waals surface area contributed by atoms with Gasteiger partial charge in [0.2, 0.25) is 5.75 Å². The zero-order valence-corrected chi connectivity index (χ0v) is 51.9. The maximum atomic E-state index is 15.5. The number of hydrogen-bond donors (Lipinski definition) is 7. The molecule has 5 aromatic carbocycles. The van der Waals surface area contributed by atoms with Crippen molar-refractivity contribution in [1.29, 1.82) is 0 Å². The number of ketones is 2. The summed E-state index contributed by atoms with van der Waals surface area (Å²) in [6.07, 6.45) is 19.8. The minimum absolute atomic E-state index is 0.00435. The quantitative estimate of drug-likeness (QED) is 0.0475. The Balaban J connectivity index is 0.984. The molecule has 7 aromatic rings. The second-order valence-corrected chi connectivity index (χ2v) is 25.7. The number of aromatic amines is 1. The number of fused-ring (bicyclic) bond motifs is 4. The number of rotatable bonds is 11. The number of phenols is 3. The highest BCUT2D eigenvalue weighted by molar-refractivity contribution is 6.00. The number of allylic oxidation sites excluding steroid dienone is 6. The van der Waals surface area contributed by atoms with Crippen LogP contribution >= 0.6 is 0 Å². The molecule has 1 spiro atoms. The number of carbonyl (C=O) groups is 3. The molecular formula is C76H78N4O11. The number of aromatic hydroxyl groups is 3. The van der Waals surface area contributed by atoms with Crippen LogP contribution < -0.4 is 19.7 Å². The summed E-state index contributed by atoms with van der Waals surface area (Å²) >= 11 is 0. The van der Waals surface area contributed by atoms with Gasteiger partial charge in [-0.15, -0.1) is 0 Å². The van der Waals surface area contributed by atoms with Gasteiger partial charge in [-0.2, -0.15) is 0 Å². The number of aryl methyl sites for hydroxylation is 2. The molecule has 0 fully saturated rings. The third kappa shape index (κ3) is 11.7. The van der Waals surface area contributed by atoms with Crippen molar-refractivity contribution in [3.05, 3.63) is 207 Å². The van der Waals surface area contributed by atoms with Gasteiger partial charge in [-0.3, -0.25) is 14.4 Å². The molecule has 9 atom stereocenters. The fourth-order valence-electron chi connectivity index (χ4n) is 15.8. The average Bonchev–Trinajstić information content (AvgIpc) is 1.62. The highest BCUT2D eigenvalue weighted by Gasteiger charge is 2.44. The van der Waals surface area contributed by atoms with Crippen LogP contribution in [-0.4, -0.2) is 85.5 Å². The summed E-state index contributed by atoms with van der Waals surface area (Å²) in [5.74, 6) is 6.56. The Labute approximate surface area is 530 Å². The van der Waals surface area contributed by atoms with E-state index in [1.165, 1.54) is 25.7 Å². The molecule has 468 valence electrons. The van der Waals surface area contributed by atoms with Crippen molar-refractivity contribution in [3.8, 4) is 46.3 Å². The Hall–Kier alpha value is -9.23. The number of Topliss-reactive ketones (excluding diaryl/α,β-unsaturated/α-hetero) is 2. The zero-order chi connectivity index (χ0) is 63.2. The molecule has 4 aliphatic carbocycles. The van der Waals surface area contributed by atoms with Crippen molar-refractivity contribution in [2.45, 2.75) is 127 Å². The second-order valence-electron chi connectivity index (χ2n) is 25.7. The Bertz CT molecular complexity index is 4210. The molecule has 7 N–H and O–H groups in total.